The molecule has 2 heterocycles. The number of thioether (sulfide) groups is 1. The highest BCUT2D eigenvalue weighted by atomic mass is 32.2. The fourth-order valence-corrected chi connectivity index (χ4v) is 3.37. The van der Waals surface area contributed by atoms with Crippen molar-refractivity contribution in [2.45, 2.75) is 6.92 Å². The second-order valence-electron chi connectivity index (χ2n) is 4.86. The summed E-state index contributed by atoms with van der Waals surface area (Å²) in [5.74, 6) is -0.210. The van der Waals surface area contributed by atoms with E-state index in [1.54, 1.807) is 41.8 Å². The van der Waals surface area contributed by atoms with Crippen molar-refractivity contribution in [3.63, 3.8) is 0 Å². The van der Waals surface area contributed by atoms with E-state index >= 15 is 0 Å². The average Bonchev–Trinajstić information content (AvgIpc) is 3.20. The number of hydrogen-bond acceptors (Lipinski definition) is 7. The molecule has 1 aromatic heterocycles. The van der Waals surface area contributed by atoms with E-state index in [0.717, 1.165) is 11.8 Å². The lowest BCUT2D eigenvalue weighted by molar-refractivity contribution is -0.115. The van der Waals surface area contributed by atoms with Gasteiger partial charge in [0.05, 0.1) is 11.5 Å². The SMILES string of the molecule is CCOc1cc(/C=C2\SC(=O)NC2=O)ccc1OC(=O)c1cccs1. The number of rotatable bonds is 5. The second kappa shape index (κ2) is 7.54. The van der Waals surface area contributed by atoms with Crippen LogP contribution in [0.3, 0.4) is 0 Å². The van der Waals surface area contributed by atoms with E-state index in [9.17, 15) is 14.4 Å². The molecule has 0 spiro atoms. The van der Waals surface area contributed by atoms with E-state index in [0.29, 0.717) is 33.5 Å². The van der Waals surface area contributed by atoms with Crippen LogP contribution in [0.1, 0.15) is 22.2 Å². The first kappa shape index (κ1) is 17.2. The van der Waals surface area contributed by atoms with Crippen molar-refractivity contribution in [1.29, 1.82) is 0 Å². The minimum atomic E-state index is -0.460. The third-order valence-electron chi connectivity index (χ3n) is 3.13. The molecule has 0 saturated carbocycles. The molecule has 1 aliphatic heterocycles. The summed E-state index contributed by atoms with van der Waals surface area (Å²) in [6, 6.07) is 8.39. The summed E-state index contributed by atoms with van der Waals surface area (Å²) in [5, 5.41) is 3.59. The first-order chi connectivity index (χ1) is 12.1. The van der Waals surface area contributed by atoms with Gasteiger partial charge in [0.2, 0.25) is 0 Å². The fourth-order valence-electron chi connectivity index (χ4n) is 2.08. The number of hydrogen-bond donors (Lipinski definition) is 1. The number of ether oxygens (including phenoxy) is 2. The zero-order chi connectivity index (χ0) is 17.8. The van der Waals surface area contributed by atoms with Gasteiger partial charge in [-0.15, -0.1) is 11.3 Å². The van der Waals surface area contributed by atoms with Crippen molar-refractivity contribution >= 4 is 46.3 Å². The Morgan fingerprint density at radius 2 is 2.08 bits per heavy atom. The molecule has 0 radical (unpaired) electrons. The van der Waals surface area contributed by atoms with Gasteiger partial charge in [0.1, 0.15) is 4.88 Å². The number of carbonyl (C=O) groups excluding carboxylic acids is 3. The molecule has 1 fully saturated rings. The van der Waals surface area contributed by atoms with E-state index in [4.69, 9.17) is 9.47 Å². The van der Waals surface area contributed by atoms with Gasteiger partial charge < -0.3 is 9.47 Å². The third-order valence-corrected chi connectivity index (χ3v) is 4.79. The Hall–Kier alpha value is -2.58. The van der Waals surface area contributed by atoms with Crippen LogP contribution in [0.4, 0.5) is 4.79 Å². The smallest absolute Gasteiger partial charge is 0.353 e. The molecule has 2 amide bonds. The molecule has 2 aromatic rings. The van der Waals surface area contributed by atoms with Gasteiger partial charge in [0, 0.05) is 0 Å². The van der Waals surface area contributed by atoms with Gasteiger partial charge in [0.25, 0.3) is 11.1 Å². The van der Waals surface area contributed by atoms with Gasteiger partial charge in [0.15, 0.2) is 11.5 Å². The van der Waals surface area contributed by atoms with E-state index in [1.807, 2.05) is 6.92 Å². The predicted octanol–water partition coefficient (Wildman–Crippen LogP) is 3.69. The van der Waals surface area contributed by atoms with Gasteiger partial charge in [-0.1, -0.05) is 12.1 Å². The zero-order valence-corrected chi connectivity index (χ0v) is 14.7. The number of esters is 1. The maximum Gasteiger partial charge on any atom is 0.353 e. The summed E-state index contributed by atoms with van der Waals surface area (Å²) in [5.41, 5.74) is 0.659. The molecule has 0 unspecified atom stereocenters. The quantitative estimate of drug-likeness (QED) is 0.488. The average molecular weight is 375 g/mol. The van der Waals surface area contributed by atoms with Crippen LogP contribution >= 0.6 is 23.1 Å². The summed E-state index contributed by atoms with van der Waals surface area (Å²) in [7, 11) is 0. The van der Waals surface area contributed by atoms with Crippen molar-refractivity contribution in [3.8, 4) is 11.5 Å². The first-order valence-electron chi connectivity index (χ1n) is 7.34. The van der Waals surface area contributed by atoms with Crippen LogP contribution in [0.2, 0.25) is 0 Å². The number of thiophene rings is 1. The van der Waals surface area contributed by atoms with Gasteiger partial charge in [-0.05, 0) is 53.9 Å². The Balaban J connectivity index is 1.85. The summed E-state index contributed by atoms with van der Waals surface area (Å²) in [6.45, 7) is 2.20. The highest BCUT2D eigenvalue weighted by molar-refractivity contribution is 8.18. The Bertz CT molecular complexity index is 858. The van der Waals surface area contributed by atoms with Gasteiger partial charge in [-0.2, -0.15) is 0 Å². The summed E-state index contributed by atoms with van der Waals surface area (Å²) < 4.78 is 10.9. The van der Waals surface area contributed by atoms with Crippen molar-refractivity contribution in [2.24, 2.45) is 0 Å². The number of nitrogens with one attached hydrogen (secondary N) is 1. The maximum absolute atomic E-state index is 12.1. The van der Waals surface area contributed by atoms with Crippen molar-refractivity contribution < 1.29 is 23.9 Å². The molecule has 128 valence electrons. The molecule has 1 aromatic carbocycles. The zero-order valence-electron chi connectivity index (χ0n) is 13.1. The molecule has 3 rings (SSSR count). The van der Waals surface area contributed by atoms with Crippen LogP contribution in [0.5, 0.6) is 11.5 Å². The monoisotopic (exact) mass is 375 g/mol. The Labute approximate surface area is 151 Å². The minimum Gasteiger partial charge on any atom is -0.490 e. The highest BCUT2D eigenvalue weighted by Crippen LogP contribution is 2.32. The Morgan fingerprint density at radius 1 is 1.24 bits per heavy atom. The summed E-state index contributed by atoms with van der Waals surface area (Å²) in [6.07, 6.45) is 1.58. The molecular weight excluding hydrogens is 362 g/mol. The third kappa shape index (κ3) is 4.09. The Morgan fingerprint density at radius 3 is 2.72 bits per heavy atom. The minimum absolute atomic E-state index is 0.294. The largest absolute Gasteiger partial charge is 0.490 e. The standard InChI is InChI=1S/C17H13NO5S2/c1-2-22-12-8-10(9-14-15(19)18-17(21)25-14)5-6-11(12)23-16(20)13-4-3-7-24-13/h3-9H,2H2,1H3,(H,18,19,21)/b14-9-. The van der Waals surface area contributed by atoms with E-state index in [1.165, 1.54) is 11.3 Å². The van der Waals surface area contributed by atoms with Crippen LogP contribution in [0.15, 0.2) is 40.6 Å². The lowest BCUT2D eigenvalue weighted by Crippen LogP contribution is -2.17. The van der Waals surface area contributed by atoms with E-state index in [2.05, 4.69) is 5.32 Å². The van der Waals surface area contributed by atoms with Gasteiger partial charge >= 0.3 is 5.97 Å². The molecule has 8 heteroatoms. The van der Waals surface area contributed by atoms with E-state index in [-0.39, 0.29) is 0 Å². The maximum atomic E-state index is 12.1. The summed E-state index contributed by atoms with van der Waals surface area (Å²) >= 11 is 2.13. The molecule has 25 heavy (non-hydrogen) atoms. The molecular formula is C17H13NO5S2. The van der Waals surface area contributed by atoms with E-state index < -0.39 is 17.1 Å². The van der Waals surface area contributed by atoms with Crippen LogP contribution in [-0.2, 0) is 4.79 Å². The highest BCUT2D eigenvalue weighted by Gasteiger charge is 2.25. The lowest BCUT2D eigenvalue weighted by Gasteiger charge is -2.11. The molecule has 0 bridgehead atoms. The molecule has 0 atom stereocenters. The van der Waals surface area contributed by atoms with Gasteiger partial charge in [-0.25, -0.2) is 4.79 Å². The number of benzene rings is 1. The van der Waals surface area contributed by atoms with Crippen LogP contribution < -0.4 is 14.8 Å². The normalized spacial score (nSPS) is 15.3. The molecule has 1 saturated heterocycles. The lowest BCUT2D eigenvalue weighted by atomic mass is 10.2. The summed E-state index contributed by atoms with van der Waals surface area (Å²) in [4.78, 5) is 35.7. The number of carbonyl (C=O) groups is 3. The molecule has 1 aliphatic rings. The fraction of sp³-hybridized carbons (Fsp3) is 0.118. The molecule has 0 aliphatic carbocycles. The number of imide groups is 1. The van der Waals surface area contributed by atoms with Crippen LogP contribution in [0, 0.1) is 0 Å². The van der Waals surface area contributed by atoms with Crippen molar-refractivity contribution in [2.75, 3.05) is 6.61 Å². The predicted molar refractivity (Wildman–Crippen MR) is 96.0 cm³/mol. The van der Waals surface area contributed by atoms with Crippen molar-refractivity contribution in [1.82, 2.24) is 5.32 Å². The van der Waals surface area contributed by atoms with Gasteiger partial charge in [-0.3, -0.25) is 14.9 Å². The second-order valence-corrected chi connectivity index (χ2v) is 6.82. The topological polar surface area (TPSA) is 81.7 Å². The molecule has 1 N–H and O–H groups in total. The number of amides is 2. The Kier molecular flexibility index (Phi) is 5.20. The van der Waals surface area contributed by atoms with Crippen molar-refractivity contribution in [3.05, 3.63) is 51.1 Å². The molecule has 6 nitrogen and oxygen atoms in total. The van der Waals surface area contributed by atoms with Crippen LogP contribution in [-0.4, -0.2) is 23.7 Å². The first-order valence-corrected chi connectivity index (χ1v) is 9.04. The van der Waals surface area contributed by atoms with Crippen LogP contribution in [0.25, 0.3) is 6.08 Å².